The molecule has 0 aliphatic rings. The van der Waals surface area contributed by atoms with Crippen LogP contribution in [0.5, 0.6) is 11.5 Å². The third-order valence-corrected chi connectivity index (χ3v) is 5.70. The Hall–Kier alpha value is -4.58. The third-order valence-electron chi connectivity index (χ3n) is 5.70. The number of amides is 2. The minimum atomic E-state index is -0.617. The van der Waals surface area contributed by atoms with Crippen LogP contribution in [0.3, 0.4) is 0 Å². The molecule has 0 unspecified atom stereocenters. The van der Waals surface area contributed by atoms with E-state index in [-0.39, 0.29) is 11.8 Å². The number of para-hydroxylation sites is 2. The number of ether oxygens (including phenoxy) is 2. The number of carbonyl (C=O) groups excluding carboxylic acids is 2. The predicted molar refractivity (Wildman–Crippen MR) is 146 cm³/mol. The van der Waals surface area contributed by atoms with E-state index in [0.717, 1.165) is 17.5 Å². The summed E-state index contributed by atoms with van der Waals surface area (Å²) in [7, 11) is 0. The van der Waals surface area contributed by atoms with Crippen molar-refractivity contribution in [2.24, 2.45) is 0 Å². The Balaban J connectivity index is 1.26. The molecule has 6 heteroatoms. The molecular weight excluding hydrogens is 464 g/mol. The van der Waals surface area contributed by atoms with Gasteiger partial charge < -0.3 is 20.1 Å². The fourth-order valence-corrected chi connectivity index (χ4v) is 3.65. The number of benzene rings is 4. The fourth-order valence-electron chi connectivity index (χ4n) is 3.65. The van der Waals surface area contributed by atoms with Gasteiger partial charge >= 0.3 is 0 Å². The summed E-state index contributed by atoms with van der Waals surface area (Å²) in [6, 6.07) is 34.0. The number of carbonyl (C=O) groups is 2. The summed E-state index contributed by atoms with van der Waals surface area (Å²) < 4.78 is 11.4. The van der Waals surface area contributed by atoms with E-state index in [4.69, 9.17) is 9.47 Å². The van der Waals surface area contributed by atoms with Crippen molar-refractivity contribution in [3.05, 3.63) is 120 Å². The van der Waals surface area contributed by atoms with Crippen molar-refractivity contribution in [1.82, 2.24) is 0 Å². The Labute approximate surface area is 217 Å². The lowest BCUT2D eigenvalue weighted by Crippen LogP contribution is -2.30. The molecule has 37 heavy (non-hydrogen) atoms. The van der Waals surface area contributed by atoms with Gasteiger partial charge in [0.25, 0.3) is 11.8 Å². The average Bonchev–Trinajstić information content (AvgIpc) is 2.92. The molecule has 0 heterocycles. The van der Waals surface area contributed by atoms with E-state index in [1.165, 1.54) is 0 Å². The van der Waals surface area contributed by atoms with Crippen molar-refractivity contribution in [1.29, 1.82) is 0 Å². The zero-order valence-electron chi connectivity index (χ0n) is 20.9. The first-order valence-corrected chi connectivity index (χ1v) is 12.2. The van der Waals surface area contributed by atoms with E-state index < -0.39 is 12.2 Å². The van der Waals surface area contributed by atoms with Gasteiger partial charge in [-0.3, -0.25) is 9.59 Å². The number of rotatable bonds is 10. The summed E-state index contributed by atoms with van der Waals surface area (Å²) in [5.74, 6) is 0.887. The molecule has 2 amide bonds. The van der Waals surface area contributed by atoms with Crippen LogP contribution in [0.15, 0.2) is 109 Å². The van der Waals surface area contributed by atoms with E-state index >= 15 is 0 Å². The maximum atomic E-state index is 12.5. The fraction of sp³-hybridized carbons (Fsp3) is 0.161. The Morgan fingerprint density at radius 2 is 0.919 bits per heavy atom. The van der Waals surface area contributed by atoms with Crippen LogP contribution < -0.4 is 20.1 Å². The second-order valence-electron chi connectivity index (χ2n) is 8.70. The number of hydrogen-bond acceptors (Lipinski definition) is 4. The summed E-state index contributed by atoms with van der Waals surface area (Å²) in [4.78, 5) is 24.9. The van der Waals surface area contributed by atoms with Gasteiger partial charge in [-0.15, -0.1) is 0 Å². The van der Waals surface area contributed by atoms with Gasteiger partial charge in [-0.25, -0.2) is 0 Å². The highest BCUT2D eigenvalue weighted by atomic mass is 16.5. The Kier molecular flexibility index (Phi) is 8.55. The Bertz CT molecular complexity index is 1190. The molecule has 0 fully saturated rings. The second-order valence-corrected chi connectivity index (χ2v) is 8.70. The van der Waals surface area contributed by atoms with E-state index in [1.54, 1.807) is 13.8 Å². The predicted octanol–water partition coefficient (Wildman–Crippen LogP) is 6.09. The topological polar surface area (TPSA) is 76.7 Å². The number of hydrogen-bond donors (Lipinski definition) is 2. The molecule has 0 aliphatic heterocycles. The third kappa shape index (κ3) is 7.70. The van der Waals surface area contributed by atoms with Gasteiger partial charge in [-0.2, -0.15) is 0 Å². The van der Waals surface area contributed by atoms with Crippen LogP contribution in [0.25, 0.3) is 0 Å². The molecule has 0 spiro atoms. The van der Waals surface area contributed by atoms with E-state index in [1.807, 2.05) is 109 Å². The molecule has 188 valence electrons. The Morgan fingerprint density at radius 3 is 1.27 bits per heavy atom. The first-order chi connectivity index (χ1) is 18.0. The molecular formula is C31H30N2O4. The van der Waals surface area contributed by atoms with Crippen molar-refractivity contribution < 1.29 is 19.1 Å². The van der Waals surface area contributed by atoms with Gasteiger partial charge in [-0.1, -0.05) is 60.7 Å². The summed E-state index contributed by atoms with van der Waals surface area (Å²) in [5.41, 5.74) is 3.63. The molecule has 4 aromatic rings. The first kappa shape index (κ1) is 25.5. The molecule has 2 atom stereocenters. The lowest BCUT2D eigenvalue weighted by molar-refractivity contribution is -0.122. The smallest absolute Gasteiger partial charge is 0.265 e. The lowest BCUT2D eigenvalue weighted by atomic mass is 10.0. The van der Waals surface area contributed by atoms with Gasteiger partial charge in [0.1, 0.15) is 11.5 Å². The molecule has 0 radical (unpaired) electrons. The molecule has 6 nitrogen and oxygen atoms in total. The first-order valence-electron chi connectivity index (χ1n) is 12.2. The molecule has 0 bridgehead atoms. The van der Waals surface area contributed by atoms with Gasteiger partial charge in [0.2, 0.25) is 0 Å². The van der Waals surface area contributed by atoms with Crippen LogP contribution in [-0.4, -0.2) is 24.0 Å². The maximum Gasteiger partial charge on any atom is 0.265 e. The highest BCUT2D eigenvalue weighted by Gasteiger charge is 2.16. The van der Waals surface area contributed by atoms with Crippen LogP contribution in [-0.2, 0) is 16.0 Å². The van der Waals surface area contributed by atoms with E-state index in [9.17, 15) is 9.59 Å². The molecule has 0 saturated carbocycles. The largest absolute Gasteiger partial charge is 0.481 e. The highest BCUT2D eigenvalue weighted by Crippen LogP contribution is 2.18. The van der Waals surface area contributed by atoms with E-state index in [2.05, 4.69) is 10.6 Å². The van der Waals surface area contributed by atoms with Crippen molar-refractivity contribution in [2.75, 3.05) is 10.6 Å². The maximum absolute atomic E-state index is 12.5. The summed E-state index contributed by atoms with van der Waals surface area (Å²) in [5, 5.41) is 5.78. The standard InChI is InChI=1S/C31H30N2O4/c1-22(36-28-9-5-3-6-10-28)30(34)32-26-17-13-24(14-18-26)21-25-15-19-27(20-16-25)33-31(35)23(2)37-29-11-7-4-8-12-29/h3-20,22-23H,21H2,1-2H3,(H,32,34)(H,33,35)/t22-,23-/m1/s1. The van der Waals surface area contributed by atoms with Gasteiger partial charge in [0, 0.05) is 11.4 Å². The van der Waals surface area contributed by atoms with Gasteiger partial charge in [0.15, 0.2) is 12.2 Å². The minimum Gasteiger partial charge on any atom is -0.481 e. The van der Waals surface area contributed by atoms with Crippen molar-refractivity contribution in [3.8, 4) is 11.5 Å². The van der Waals surface area contributed by atoms with Crippen LogP contribution >= 0.6 is 0 Å². The quantitative estimate of drug-likeness (QED) is 0.280. The molecule has 4 aromatic carbocycles. The zero-order valence-corrected chi connectivity index (χ0v) is 20.9. The zero-order chi connectivity index (χ0) is 26.0. The van der Waals surface area contributed by atoms with Crippen molar-refractivity contribution in [3.63, 3.8) is 0 Å². The molecule has 0 saturated heterocycles. The number of anilines is 2. The lowest BCUT2D eigenvalue weighted by Gasteiger charge is -2.15. The monoisotopic (exact) mass is 494 g/mol. The van der Waals surface area contributed by atoms with Gasteiger partial charge in [-0.05, 0) is 79.9 Å². The highest BCUT2D eigenvalue weighted by molar-refractivity contribution is 5.94. The van der Waals surface area contributed by atoms with E-state index in [0.29, 0.717) is 22.9 Å². The molecule has 0 aromatic heterocycles. The second kappa shape index (κ2) is 12.4. The average molecular weight is 495 g/mol. The molecule has 0 aliphatic carbocycles. The Morgan fingerprint density at radius 1 is 0.568 bits per heavy atom. The van der Waals surface area contributed by atoms with Gasteiger partial charge in [0.05, 0.1) is 0 Å². The summed E-state index contributed by atoms with van der Waals surface area (Å²) >= 11 is 0. The van der Waals surface area contributed by atoms with Crippen LogP contribution in [0.2, 0.25) is 0 Å². The van der Waals surface area contributed by atoms with Crippen LogP contribution in [0.4, 0.5) is 11.4 Å². The molecule has 4 rings (SSSR count). The van der Waals surface area contributed by atoms with Crippen molar-refractivity contribution in [2.45, 2.75) is 32.5 Å². The van der Waals surface area contributed by atoms with Crippen LogP contribution in [0, 0.1) is 0 Å². The summed E-state index contributed by atoms with van der Waals surface area (Å²) in [6.45, 7) is 3.44. The normalized spacial score (nSPS) is 12.2. The SMILES string of the molecule is C[C@@H](Oc1ccccc1)C(=O)Nc1ccc(Cc2ccc(NC(=O)[C@@H](C)Oc3ccccc3)cc2)cc1. The van der Waals surface area contributed by atoms with Crippen molar-refractivity contribution >= 4 is 23.2 Å². The molecule has 2 N–H and O–H groups in total. The van der Waals surface area contributed by atoms with Crippen LogP contribution in [0.1, 0.15) is 25.0 Å². The summed E-state index contributed by atoms with van der Waals surface area (Å²) in [6.07, 6.45) is -0.508. The number of nitrogens with one attached hydrogen (secondary N) is 2. The minimum absolute atomic E-state index is 0.210.